The van der Waals surface area contributed by atoms with Gasteiger partial charge in [0.05, 0.1) is 17.3 Å². The standard InChI is InChI=1S/C23H23N5/c1-16-23(17(2)28(27-16)22-8-3-4-11-25-22)20-9-10-21(13-20)26-15-19-7-5-6-18(12-19)14-24/h3-12,20-21,26H,13,15H2,1-2H3/t20-,21+/m0/s1. The summed E-state index contributed by atoms with van der Waals surface area (Å²) in [5.41, 5.74) is 5.32. The lowest BCUT2D eigenvalue weighted by molar-refractivity contribution is 0.559. The number of hydrogen-bond acceptors (Lipinski definition) is 4. The van der Waals surface area contributed by atoms with Crippen LogP contribution in [-0.2, 0) is 6.54 Å². The predicted octanol–water partition coefficient (Wildman–Crippen LogP) is 3.96. The second-order valence-electron chi connectivity index (χ2n) is 7.21. The maximum atomic E-state index is 9.04. The van der Waals surface area contributed by atoms with Crippen molar-refractivity contribution in [3.05, 3.63) is 88.9 Å². The van der Waals surface area contributed by atoms with Crippen LogP contribution in [0.4, 0.5) is 0 Å². The minimum atomic E-state index is 0.313. The van der Waals surface area contributed by atoms with Gasteiger partial charge in [-0.15, -0.1) is 0 Å². The van der Waals surface area contributed by atoms with Crippen molar-refractivity contribution in [3.63, 3.8) is 0 Å². The number of nitrogens with one attached hydrogen (secondary N) is 1. The summed E-state index contributed by atoms with van der Waals surface area (Å²) in [5.74, 6) is 1.20. The maximum Gasteiger partial charge on any atom is 0.153 e. The lowest BCUT2D eigenvalue weighted by Gasteiger charge is -2.15. The average Bonchev–Trinajstić information content (AvgIpc) is 3.31. The number of allylic oxidation sites excluding steroid dienone is 1. The molecule has 2 heterocycles. The molecule has 0 radical (unpaired) electrons. The summed E-state index contributed by atoms with van der Waals surface area (Å²) in [6, 6.07) is 16.1. The third-order valence-electron chi connectivity index (χ3n) is 5.29. The topological polar surface area (TPSA) is 66.5 Å². The minimum absolute atomic E-state index is 0.313. The van der Waals surface area contributed by atoms with Crippen LogP contribution >= 0.6 is 0 Å². The first-order chi connectivity index (χ1) is 13.7. The van der Waals surface area contributed by atoms with Crippen molar-refractivity contribution in [1.29, 1.82) is 5.26 Å². The molecule has 5 nitrogen and oxygen atoms in total. The molecule has 0 saturated heterocycles. The third kappa shape index (κ3) is 3.60. The fourth-order valence-corrected chi connectivity index (χ4v) is 3.96. The monoisotopic (exact) mass is 369 g/mol. The van der Waals surface area contributed by atoms with Crippen molar-refractivity contribution in [3.8, 4) is 11.9 Å². The number of aryl methyl sites for hydroxylation is 1. The van der Waals surface area contributed by atoms with Crippen molar-refractivity contribution in [2.24, 2.45) is 0 Å². The largest absolute Gasteiger partial charge is 0.306 e. The molecule has 1 aromatic carbocycles. The molecule has 5 heteroatoms. The van der Waals surface area contributed by atoms with Crippen molar-refractivity contribution >= 4 is 0 Å². The summed E-state index contributed by atoms with van der Waals surface area (Å²) in [4.78, 5) is 4.43. The van der Waals surface area contributed by atoms with Gasteiger partial charge in [-0.25, -0.2) is 9.67 Å². The van der Waals surface area contributed by atoms with E-state index < -0.39 is 0 Å². The van der Waals surface area contributed by atoms with E-state index in [1.165, 1.54) is 5.56 Å². The second kappa shape index (κ2) is 7.79. The van der Waals surface area contributed by atoms with Crippen LogP contribution in [-0.4, -0.2) is 20.8 Å². The zero-order valence-corrected chi connectivity index (χ0v) is 16.1. The fourth-order valence-electron chi connectivity index (χ4n) is 3.96. The maximum absolute atomic E-state index is 9.04. The van der Waals surface area contributed by atoms with Crippen LogP contribution in [0.25, 0.3) is 5.82 Å². The molecular weight excluding hydrogens is 346 g/mol. The van der Waals surface area contributed by atoms with Gasteiger partial charge in [0.2, 0.25) is 0 Å². The smallest absolute Gasteiger partial charge is 0.153 e. The Bertz CT molecular complexity index is 1040. The van der Waals surface area contributed by atoms with Crippen LogP contribution in [0.5, 0.6) is 0 Å². The van der Waals surface area contributed by atoms with Crippen molar-refractivity contribution < 1.29 is 0 Å². The molecule has 0 saturated carbocycles. The van der Waals surface area contributed by atoms with E-state index in [9.17, 15) is 0 Å². The SMILES string of the molecule is Cc1nn(-c2ccccn2)c(C)c1[C@H]1C=C[C@@H](NCc2cccc(C#N)c2)C1. The van der Waals surface area contributed by atoms with Gasteiger partial charge in [-0.3, -0.25) is 0 Å². The van der Waals surface area contributed by atoms with Gasteiger partial charge in [0, 0.05) is 36.0 Å². The van der Waals surface area contributed by atoms with Gasteiger partial charge in [0.15, 0.2) is 5.82 Å². The Morgan fingerprint density at radius 2 is 2.07 bits per heavy atom. The summed E-state index contributed by atoms with van der Waals surface area (Å²) in [5, 5.41) is 17.4. The summed E-state index contributed by atoms with van der Waals surface area (Å²) >= 11 is 0. The van der Waals surface area contributed by atoms with Crippen LogP contribution < -0.4 is 5.32 Å². The molecule has 0 bridgehead atoms. The predicted molar refractivity (Wildman–Crippen MR) is 109 cm³/mol. The highest BCUT2D eigenvalue weighted by molar-refractivity contribution is 5.39. The molecule has 0 unspecified atom stereocenters. The number of nitrogens with zero attached hydrogens (tertiary/aromatic N) is 4. The molecule has 3 aromatic rings. The molecular formula is C23H23N5. The zero-order chi connectivity index (χ0) is 19.5. The molecule has 0 spiro atoms. The highest BCUT2D eigenvalue weighted by atomic mass is 15.3. The summed E-state index contributed by atoms with van der Waals surface area (Å²) in [6.45, 7) is 4.94. The quantitative estimate of drug-likeness (QED) is 0.692. The molecule has 1 aliphatic rings. The van der Waals surface area contributed by atoms with E-state index in [0.717, 1.165) is 35.7 Å². The Hall–Kier alpha value is -3.23. The van der Waals surface area contributed by atoms with E-state index >= 15 is 0 Å². The minimum Gasteiger partial charge on any atom is -0.306 e. The Morgan fingerprint density at radius 1 is 1.18 bits per heavy atom. The summed E-state index contributed by atoms with van der Waals surface area (Å²) in [7, 11) is 0. The Labute approximate surface area is 165 Å². The average molecular weight is 369 g/mol. The number of rotatable bonds is 5. The van der Waals surface area contributed by atoms with Gasteiger partial charge in [-0.1, -0.05) is 30.4 Å². The van der Waals surface area contributed by atoms with E-state index in [2.05, 4.69) is 48.4 Å². The number of nitriles is 1. The molecule has 4 rings (SSSR count). The Balaban J connectivity index is 1.45. The second-order valence-corrected chi connectivity index (χ2v) is 7.21. The van der Waals surface area contributed by atoms with Crippen LogP contribution in [0.2, 0.25) is 0 Å². The lowest BCUT2D eigenvalue weighted by atomic mass is 9.96. The van der Waals surface area contributed by atoms with Crippen molar-refractivity contribution in [2.45, 2.75) is 38.8 Å². The number of hydrogen-bond donors (Lipinski definition) is 1. The molecule has 140 valence electrons. The van der Waals surface area contributed by atoms with E-state index in [0.29, 0.717) is 17.5 Å². The molecule has 1 N–H and O–H groups in total. The first-order valence-corrected chi connectivity index (χ1v) is 9.54. The molecule has 2 aromatic heterocycles. The van der Waals surface area contributed by atoms with Gasteiger partial charge >= 0.3 is 0 Å². The van der Waals surface area contributed by atoms with Gasteiger partial charge in [-0.05, 0) is 50.1 Å². The van der Waals surface area contributed by atoms with Gasteiger partial charge in [0.1, 0.15) is 0 Å². The molecule has 0 aliphatic heterocycles. The normalized spacial score (nSPS) is 18.3. The summed E-state index contributed by atoms with van der Waals surface area (Å²) in [6.07, 6.45) is 7.33. The van der Waals surface area contributed by atoms with Crippen LogP contribution in [0.15, 0.2) is 60.8 Å². The van der Waals surface area contributed by atoms with Crippen LogP contribution in [0.1, 0.15) is 40.4 Å². The molecule has 1 aliphatic carbocycles. The van der Waals surface area contributed by atoms with Gasteiger partial charge in [0.25, 0.3) is 0 Å². The number of aromatic nitrogens is 3. The fraction of sp³-hybridized carbons (Fsp3) is 0.261. The van der Waals surface area contributed by atoms with Gasteiger partial charge < -0.3 is 5.32 Å². The van der Waals surface area contributed by atoms with Crippen LogP contribution in [0, 0.1) is 25.2 Å². The Morgan fingerprint density at radius 3 is 2.86 bits per heavy atom. The van der Waals surface area contributed by atoms with Crippen LogP contribution in [0.3, 0.4) is 0 Å². The van der Waals surface area contributed by atoms with E-state index in [1.807, 2.05) is 41.1 Å². The first-order valence-electron chi connectivity index (χ1n) is 9.54. The molecule has 0 fully saturated rings. The number of pyridine rings is 1. The van der Waals surface area contributed by atoms with Crippen molar-refractivity contribution in [1.82, 2.24) is 20.1 Å². The van der Waals surface area contributed by atoms with E-state index in [4.69, 9.17) is 10.4 Å². The summed E-state index contributed by atoms with van der Waals surface area (Å²) < 4.78 is 1.94. The van der Waals surface area contributed by atoms with Gasteiger partial charge in [-0.2, -0.15) is 10.4 Å². The van der Waals surface area contributed by atoms with E-state index in [1.54, 1.807) is 6.20 Å². The first kappa shape index (κ1) is 18.1. The van der Waals surface area contributed by atoms with Crippen molar-refractivity contribution in [2.75, 3.05) is 0 Å². The molecule has 28 heavy (non-hydrogen) atoms. The Kier molecular flexibility index (Phi) is 5.05. The van der Waals surface area contributed by atoms with E-state index in [-0.39, 0.29) is 0 Å². The lowest BCUT2D eigenvalue weighted by Crippen LogP contribution is -2.25. The highest BCUT2D eigenvalue weighted by Gasteiger charge is 2.26. The highest BCUT2D eigenvalue weighted by Crippen LogP contribution is 2.33. The number of benzene rings is 1. The zero-order valence-electron chi connectivity index (χ0n) is 16.1. The molecule has 2 atom stereocenters. The third-order valence-corrected chi connectivity index (χ3v) is 5.29. The molecule has 0 amide bonds.